The molecule has 124 valence electrons. The summed E-state index contributed by atoms with van der Waals surface area (Å²) in [6, 6.07) is 0.230. The molecule has 1 rings (SSSR count). The van der Waals surface area contributed by atoms with Crippen molar-refractivity contribution in [1.82, 2.24) is 14.7 Å². The smallest absolute Gasteiger partial charge is 0.410 e. The highest BCUT2D eigenvalue weighted by molar-refractivity contribution is 5.68. The number of carbonyl (C=O) groups is 1. The van der Waals surface area contributed by atoms with E-state index in [9.17, 15) is 4.79 Å². The number of hydrogen-bond donors (Lipinski definition) is 1. The Labute approximate surface area is 129 Å². The monoisotopic (exact) mass is 300 g/mol. The van der Waals surface area contributed by atoms with E-state index in [1.165, 1.54) is 0 Å². The quantitative estimate of drug-likeness (QED) is 0.814. The number of amides is 1. The second kappa shape index (κ2) is 7.96. The van der Waals surface area contributed by atoms with Gasteiger partial charge in [-0.15, -0.1) is 0 Å². The molecule has 1 saturated heterocycles. The molecule has 1 unspecified atom stereocenters. The van der Waals surface area contributed by atoms with Gasteiger partial charge in [-0.3, -0.25) is 4.90 Å². The fraction of sp³-hybridized carbons (Fsp3) is 0.933. The first-order valence-electron chi connectivity index (χ1n) is 7.79. The number of nitrogens with zero attached hydrogens (tertiary/aromatic N) is 3. The summed E-state index contributed by atoms with van der Waals surface area (Å²) in [6.45, 7) is 10.6. The summed E-state index contributed by atoms with van der Waals surface area (Å²) >= 11 is 0. The lowest BCUT2D eigenvalue weighted by Crippen LogP contribution is -2.58. The highest BCUT2D eigenvalue weighted by atomic mass is 16.6. The molecule has 1 aliphatic rings. The van der Waals surface area contributed by atoms with Crippen LogP contribution in [0.2, 0.25) is 0 Å². The van der Waals surface area contributed by atoms with E-state index in [0.717, 1.165) is 26.1 Å². The largest absolute Gasteiger partial charge is 0.444 e. The molecular formula is C15H32N4O2. The molecule has 1 heterocycles. The van der Waals surface area contributed by atoms with Gasteiger partial charge >= 0.3 is 6.09 Å². The van der Waals surface area contributed by atoms with Crippen LogP contribution < -0.4 is 5.73 Å². The third-order valence-electron chi connectivity index (χ3n) is 3.58. The van der Waals surface area contributed by atoms with Gasteiger partial charge in [0.25, 0.3) is 0 Å². The maximum Gasteiger partial charge on any atom is 0.410 e. The Bertz CT molecular complexity index is 328. The number of carbonyl (C=O) groups excluding carboxylic acids is 1. The zero-order valence-electron chi connectivity index (χ0n) is 14.3. The van der Waals surface area contributed by atoms with Crippen LogP contribution in [0.4, 0.5) is 4.79 Å². The molecule has 0 saturated carbocycles. The van der Waals surface area contributed by atoms with E-state index in [0.29, 0.717) is 19.6 Å². The number of rotatable bonds is 5. The van der Waals surface area contributed by atoms with Crippen LogP contribution in [0.15, 0.2) is 0 Å². The van der Waals surface area contributed by atoms with E-state index in [4.69, 9.17) is 10.5 Å². The zero-order chi connectivity index (χ0) is 16.0. The summed E-state index contributed by atoms with van der Waals surface area (Å²) in [7, 11) is 4.17. The van der Waals surface area contributed by atoms with E-state index in [2.05, 4.69) is 23.9 Å². The molecule has 0 spiro atoms. The zero-order valence-corrected chi connectivity index (χ0v) is 14.3. The van der Waals surface area contributed by atoms with Gasteiger partial charge in [0.15, 0.2) is 0 Å². The van der Waals surface area contributed by atoms with Crippen molar-refractivity contribution in [2.75, 3.05) is 53.4 Å². The van der Waals surface area contributed by atoms with Gasteiger partial charge in [-0.2, -0.15) is 0 Å². The third kappa shape index (κ3) is 6.63. The van der Waals surface area contributed by atoms with E-state index >= 15 is 0 Å². The molecule has 0 bridgehead atoms. The second-order valence-corrected chi connectivity index (χ2v) is 7.01. The minimum atomic E-state index is -0.446. The molecule has 1 aliphatic heterocycles. The average Bonchev–Trinajstić information content (AvgIpc) is 2.36. The molecule has 2 N–H and O–H groups in total. The standard InChI is InChI=1S/C15H32N4O2/c1-15(2,3)21-14(20)19-10-9-18(13(11-16)12-19)8-6-7-17(4)5/h13H,6-12,16H2,1-5H3. The second-order valence-electron chi connectivity index (χ2n) is 7.01. The van der Waals surface area contributed by atoms with Crippen molar-refractivity contribution in [3.63, 3.8) is 0 Å². The Morgan fingerprint density at radius 1 is 1.33 bits per heavy atom. The van der Waals surface area contributed by atoms with E-state index in [-0.39, 0.29) is 12.1 Å². The fourth-order valence-electron chi connectivity index (χ4n) is 2.49. The number of nitrogens with two attached hydrogens (primary N) is 1. The predicted molar refractivity (Wildman–Crippen MR) is 85.4 cm³/mol. The lowest BCUT2D eigenvalue weighted by atomic mass is 10.1. The first-order valence-corrected chi connectivity index (χ1v) is 7.79. The normalized spacial score (nSPS) is 20.9. The maximum atomic E-state index is 12.1. The highest BCUT2D eigenvalue weighted by Crippen LogP contribution is 2.15. The van der Waals surface area contributed by atoms with Crippen LogP contribution >= 0.6 is 0 Å². The Morgan fingerprint density at radius 3 is 2.52 bits per heavy atom. The molecular weight excluding hydrogens is 268 g/mol. The molecule has 0 aromatic heterocycles. The summed E-state index contributed by atoms with van der Waals surface area (Å²) in [4.78, 5) is 18.5. The predicted octanol–water partition coefficient (Wildman–Crippen LogP) is 0.818. The molecule has 1 amide bonds. The first-order chi connectivity index (χ1) is 9.73. The summed E-state index contributed by atoms with van der Waals surface area (Å²) in [5.41, 5.74) is 5.44. The van der Waals surface area contributed by atoms with Crippen LogP contribution in [-0.2, 0) is 4.74 Å². The number of ether oxygens (including phenoxy) is 1. The molecule has 0 aliphatic carbocycles. The summed E-state index contributed by atoms with van der Waals surface area (Å²) in [5, 5.41) is 0. The molecule has 6 nitrogen and oxygen atoms in total. The van der Waals surface area contributed by atoms with Crippen molar-refractivity contribution >= 4 is 6.09 Å². The van der Waals surface area contributed by atoms with Gasteiger partial charge in [0.05, 0.1) is 0 Å². The molecule has 1 fully saturated rings. The number of hydrogen-bond acceptors (Lipinski definition) is 5. The number of piperazine rings is 1. The van der Waals surface area contributed by atoms with E-state index < -0.39 is 5.60 Å². The van der Waals surface area contributed by atoms with Gasteiger partial charge in [0.1, 0.15) is 5.60 Å². The van der Waals surface area contributed by atoms with Crippen molar-refractivity contribution in [3.05, 3.63) is 0 Å². The Hall–Kier alpha value is -0.850. The molecule has 0 aromatic carbocycles. The van der Waals surface area contributed by atoms with Gasteiger partial charge < -0.3 is 20.3 Å². The van der Waals surface area contributed by atoms with Crippen LogP contribution in [0.25, 0.3) is 0 Å². The Balaban J connectivity index is 2.46. The van der Waals surface area contributed by atoms with Gasteiger partial charge in [-0.05, 0) is 54.4 Å². The maximum absolute atomic E-state index is 12.1. The highest BCUT2D eigenvalue weighted by Gasteiger charge is 2.30. The molecule has 1 atom stereocenters. The van der Waals surface area contributed by atoms with E-state index in [1.807, 2.05) is 20.8 Å². The van der Waals surface area contributed by atoms with Crippen molar-refractivity contribution in [1.29, 1.82) is 0 Å². The molecule has 0 aromatic rings. The van der Waals surface area contributed by atoms with Crippen molar-refractivity contribution in [2.24, 2.45) is 5.73 Å². The SMILES string of the molecule is CN(C)CCCN1CCN(C(=O)OC(C)(C)C)CC1CN. The topological polar surface area (TPSA) is 62.0 Å². The summed E-state index contributed by atoms with van der Waals surface area (Å²) in [6.07, 6.45) is 0.893. The first kappa shape index (κ1) is 18.2. The minimum Gasteiger partial charge on any atom is -0.444 e. The van der Waals surface area contributed by atoms with Gasteiger partial charge in [0, 0.05) is 32.2 Å². The fourth-order valence-corrected chi connectivity index (χ4v) is 2.49. The van der Waals surface area contributed by atoms with Crippen LogP contribution in [0, 0.1) is 0 Å². The van der Waals surface area contributed by atoms with Gasteiger partial charge in [0.2, 0.25) is 0 Å². The minimum absolute atomic E-state index is 0.228. The van der Waals surface area contributed by atoms with Crippen molar-refractivity contribution in [3.8, 4) is 0 Å². The molecule has 6 heteroatoms. The van der Waals surface area contributed by atoms with Crippen LogP contribution in [0.1, 0.15) is 27.2 Å². The Kier molecular flexibility index (Phi) is 6.90. The van der Waals surface area contributed by atoms with Crippen molar-refractivity contribution < 1.29 is 9.53 Å². The Morgan fingerprint density at radius 2 is 2.00 bits per heavy atom. The average molecular weight is 300 g/mol. The molecule has 0 radical (unpaired) electrons. The van der Waals surface area contributed by atoms with Crippen LogP contribution in [0.3, 0.4) is 0 Å². The van der Waals surface area contributed by atoms with E-state index in [1.54, 1.807) is 4.90 Å². The van der Waals surface area contributed by atoms with Gasteiger partial charge in [-0.25, -0.2) is 4.79 Å². The van der Waals surface area contributed by atoms with Gasteiger partial charge in [-0.1, -0.05) is 0 Å². The lowest BCUT2D eigenvalue weighted by molar-refractivity contribution is 0.00447. The molecule has 21 heavy (non-hydrogen) atoms. The van der Waals surface area contributed by atoms with Crippen molar-refractivity contribution in [2.45, 2.75) is 38.8 Å². The lowest BCUT2D eigenvalue weighted by Gasteiger charge is -2.41. The van der Waals surface area contributed by atoms with Crippen LogP contribution in [0.5, 0.6) is 0 Å². The third-order valence-corrected chi connectivity index (χ3v) is 3.58. The summed E-state index contributed by atoms with van der Waals surface area (Å²) in [5.74, 6) is 0. The summed E-state index contributed by atoms with van der Waals surface area (Å²) < 4.78 is 5.44. The van der Waals surface area contributed by atoms with Crippen LogP contribution in [-0.4, -0.2) is 85.8 Å².